The van der Waals surface area contributed by atoms with Gasteiger partial charge in [0.1, 0.15) is 11.9 Å². The smallest absolute Gasteiger partial charge is 0.123 e. The summed E-state index contributed by atoms with van der Waals surface area (Å²) in [4.78, 5) is 0. The van der Waals surface area contributed by atoms with Gasteiger partial charge in [-0.3, -0.25) is 4.68 Å². The zero-order valence-electron chi connectivity index (χ0n) is 11.9. The topological polar surface area (TPSA) is 53.1 Å². The van der Waals surface area contributed by atoms with Crippen molar-refractivity contribution in [1.29, 1.82) is 0 Å². The molecule has 4 nitrogen and oxygen atoms in total. The Balaban J connectivity index is 1.61. The summed E-state index contributed by atoms with van der Waals surface area (Å²) in [5.74, 6) is 1.00. The van der Waals surface area contributed by atoms with Crippen molar-refractivity contribution in [3.05, 3.63) is 53.7 Å². The Morgan fingerprint density at radius 3 is 3.10 bits per heavy atom. The van der Waals surface area contributed by atoms with Crippen LogP contribution in [0.25, 0.3) is 10.9 Å². The van der Waals surface area contributed by atoms with Crippen molar-refractivity contribution in [2.75, 3.05) is 5.73 Å². The Bertz CT molecular complexity index is 822. The molecule has 1 aliphatic heterocycles. The number of ether oxygens (including phenoxy) is 1. The Hall–Kier alpha value is -2.49. The standard InChI is InChI=1S/C17H17N3O/c1-11-2-5-17-13(6-11)7-15(21-17)10-20-16-8-14(18)4-3-12(16)9-19-20/h2-6,8-9,15H,7,10,18H2,1H3. The molecular formula is C17H17N3O. The second-order valence-electron chi connectivity index (χ2n) is 5.70. The predicted molar refractivity (Wildman–Crippen MR) is 83.4 cm³/mol. The van der Waals surface area contributed by atoms with E-state index in [1.54, 1.807) is 0 Å². The van der Waals surface area contributed by atoms with Gasteiger partial charge in [-0.15, -0.1) is 0 Å². The van der Waals surface area contributed by atoms with E-state index in [-0.39, 0.29) is 6.10 Å². The summed E-state index contributed by atoms with van der Waals surface area (Å²) in [7, 11) is 0. The minimum absolute atomic E-state index is 0.131. The summed E-state index contributed by atoms with van der Waals surface area (Å²) in [6.45, 7) is 2.85. The molecule has 0 radical (unpaired) electrons. The summed E-state index contributed by atoms with van der Waals surface area (Å²) >= 11 is 0. The van der Waals surface area contributed by atoms with E-state index in [2.05, 4.69) is 30.2 Å². The number of aryl methyl sites for hydroxylation is 1. The van der Waals surface area contributed by atoms with Crippen LogP contribution in [0.1, 0.15) is 11.1 Å². The number of anilines is 1. The van der Waals surface area contributed by atoms with E-state index >= 15 is 0 Å². The number of hydrogen-bond donors (Lipinski definition) is 1. The van der Waals surface area contributed by atoms with Gasteiger partial charge >= 0.3 is 0 Å². The second-order valence-corrected chi connectivity index (χ2v) is 5.70. The van der Waals surface area contributed by atoms with Gasteiger partial charge in [0.25, 0.3) is 0 Å². The molecular weight excluding hydrogens is 262 g/mol. The Kier molecular flexibility index (Phi) is 2.64. The van der Waals surface area contributed by atoms with Crippen LogP contribution in [0.15, 0.2) is 42.6 Å². The monoisotopic (exact) mass is 279 g/mol. The SMILES string of the molecule is Cc1ccc2c(c1)CC(Cn1ncc3ccc(N)cc31)O2. The minimum atomic E-state index is 0.131. The number of aromatic nitrogens is 2. The summed E-state index contributed by atoms with van der Waals surface area (Å²) in [6, 6.07) is 12.2. The van der Waals surface area contributed by atoms with Crippen LogP contribution in [-0.2, 0) is 13.0 Å². The predicted octanol–water partition coefficient (Wildman–Crippen LogP) is 2.93. The van der Waals surface area contributed by atoms with Crippen molar-refractivity contribution < 1.29 is 4.74 Å². The first-order chi connectivity index (χ1) is 10.2. The largest absolute Gasteiger partial charge is 0.488 e. The van der Waals surface area contributed by atoms with Crippen molar-refractivity contribution in [1.82, 2.24) is 9.78 Å². The van der Waals surface area contributed by atoms with Crippen LogP contribution in [-0.4, -0.2) is 15.9 Å². The van der Waals surface area contributed by atoms with Crippen LogP contribution >= 0.6 is 0 Å². The molecule has 4 rings (SSSR count). The quantitative estimate of drug-likeness (QED) is 0.734. The fraction of sp³-hybridized carbons (Fsp3) is 0.235. The van der Waals surface area contributed by atoms with Gasteiger partial charge in [-0.25, -0.2) is 0 Å². The Labute approximate surface area is 123 Å². The molecule has 1 aromatic heterocycles. The molecule has 1 aliphatic rings. The van der Waals surface area contributed by atoms with E-state index in [9.17, 15) is 0 Å². The molecule has 1 atom stereocenters. The average Bonchev–Trinajstić information content (AvgIpc) is 3.02. The van der Waals surface area contributed by atoms with Gasteiger partial charge in [0.05, 0.1) is 18.3 Å². The van der Waals surface area contributed by atoms with Crippen molar-refractivity contribution in [2.24, 2.45) is 0 Å². The number of nitrogen functional groups attached to an aromatic ring is 1. The molecule has 0 saturated heterocycles. The number of nitrogens with two attached hydrogens (primary N) is 1. The molecule has 2 heterocycles. The van der Waals surface area contributed by atoms with Crippen molar-refractivity contribution in [3.8, 4) is 5.75 Å². The highest BCUT2D eigenvalue weighted by Gasteiger charge is 2.23. The molecule has 3 aromatic rings. The molecule has 0 aliphatic carbocycles. The summed E-state index contributed by atoms with van der Waals surface area (Å²) in [6.07, 6.45) is 2.94. The third-order valence-corrected chi connectivity index (χ3v) is 4.00. The van der Waals surface area contributed by atoms with Crippen LogP contribution in [0.2, 0.25) is 0 Å². The first-order valence-electron chi connectivity index (χ1n) is 7.16. The number of benzene rings is 2. The van der Waals surface area contributed by atoms with Gasteiger partial charge in [0, 0.05) is 17.5 Å². The Morgan fingerprint density at radius 2 is 2.19 bits per heavy atom. The summed E-state index contributed by atoms with van der Waals surface area (Å²) in [5.41, 5.74) is 10.3. The van der Waals surface area contributed by atoms with Crippen LogP contribution in [0, 0.1) is 6.92 Å². The van der Waals surface area contributed by atoms with Gasteiger partial charge in [-0.1, -0.05) is 17.7 Å². The van der Waals surface area contributed by atoms with E-state index in [0.717, 1.165) is 35.3 Å². The zero-order chi connectivity index (χ0) is 14.4. The van der Waals surface area contributed by atoms with E-state index in [1.165, 1.54) is 11.1 Å². The van der Waals surface area contributed by atoms with Crippen LogP contribution in [0.5, 0.6) is 5.75 Å². The van der Waals surface area contributed by atoms with Crippen molar-refractivity contribution >= 4 is 16.6 Å². The van der Waals surface area contributed by atoms with E-state index in [1.807, 2.05) is 29.1 Å². The van der Waals surface area contributed by atoms with Crippen molar-refractivity contribution in [2.45, 2.75) is 26.0 Å². The highest BCUT2D eigenvalue weighted by Crippen LogP contribution is 2.30. The first kappa shape index (κ1) is 12.3. The number of hydrogen-bond acceptors (Lipinski definition) is 3. The average molecular weight is 279 g/mol. The molecule has 1 unspecified atom stereocenters. The van der Waals surface area contributed by atoms with Crippen LogP contribution < -0.4 is 10.5 Å². The van der Waals surface area contributed by atoms with E-state index in [0.29, 0.717) is 0 Å². The van der Waals surface area contributed by atoms with Gasteiger partial charge in [-0.05, 0) is 36.8 Å². The lowest BCUT2D eigenvalue weighted by molar-refractivity contribution is 0.205. The first-order valence-corrected chi connectivity index (χ1v) is 7.16. The van der Waals surface area contributed by atoms with Crippen LogP contribution in [0.4, 0.5) is 5.69 Å². The molecule has 2 aromatic carbocycles. The lowest BCUT2D eigenvalue weighted by atomic mass is 10.1. The highest BCUT2D eigenvalue weighted by atomic mass is 16.5. The van der Waals surface area contributed by atoms with Crippen molar-refractivity contribution in [3.63, 3.8) is 0 Å². The lowest BCUT2D eigenvalue weighted by Gasteiger charge is -2.11. The third-order valence-electron chi connectivity index (χ3n) is 4.00. The third kappa shape index (κ3) is 2.13. The minimum Gasteiger partial charge on any atom is -0.488 e. The molecule has 106 valence electrons. The van der Waals surface area contributed by atoms with Gasteiger partial charge in [0.15, 0.2) is 0 Å². The fourth-order valence-corrected chi connectivity index (χ4v) is 2.98. The summed E-state index contributed by atoms with van der Waals surface area (Å²) in [5, 5.41) is 5.57. The molecule has 0 bridgehead atoms. The number of nitrogens with zero attached hydrogens (tertiary/aromatic N) is 2. The molecule has 4 heteroatoms. The molecule has 21 heavy (non-hydrogen) atoms. The molecule has 0 amide bonds. The number of fused-ring (bicyclic) bond motifs is 2. The Morgan fingerprint density at radius 1 is 1.29 bits per heavy atom. The molecule has 0 spiro atoms. The van der Waals surface area contributed by atoms with Gasteiger partial charge in [0.2, 0.25) is 0 Å². The highest BCUT2D eigenvalue weighted by molar-refractivity contribution is 5.81. The second kappa shape index (κ2) is 4.52. The summed E-state index contributed by atoms with van der Waals surface area (Å²) < 4.78 is 8.00. The van der Waals surface area contributed by atoms with Gasteiger partial charge < -0.3 is 10.5 Å². The zero-order valence-corrected chi connectivity index (χ0v) is 11.9. The maximum absolute atomic E-state index is 6.02. The fourth-order valence-electron chi connectivity index (χ4n) is 2.98. The normalized spacial score (nSPS) is 16.9. The lowest BCUT2D eigenvalue weighted by Crippen LogP contribution is -2.21. The molecule has 2 N–H and O–H groups in total. The molecule has 0 saturated carbocycles. The maximum Gasteiger partial charge on any atom is 0.123 e. The van der Waals surface area contributed by atoms with Crippen LogP contribution in [0.3, 0.4) is 0 Å². The molecule has 0 fully saturated rings. The number of rotatable bonds is 2. The van der Waals surface area contributed by atoms with Gasteiger partial charge in [-0.2, -0.15) is 5.10 Å². The maximum atomic E-state index is 6.02. The van der Waals surface area contributed by atoms with E-state index in [4.69, 9.17) is 10.5 Å². The van der Waals surface area contributed by atoms with E-state index < -0.39 is 0 Å².